The second-order valence-corrected chi connectivity index (χ2v) is 6.45. The molecule has 130 valence electrons. The molecule has 5 nitrogen and oxygen atoms in total. The van der Waals surface area contributed by atoms with Gasteiger partial charge in [0.2, 0.25) is 5.95 Å². The lowest BCUT2D eigenvalue weighted by Crippen LogP contribution is -3.00. The van der Waals surface area contributed by atoms with Gasteiger partial charge in [0, 0.05) is 31.6 Å². The van der Waals surface area contributed by atoms with Gasteiger partial charge < -0.3 is 27.4 Å². The topological polar surface area (TPSA) is 50.3 Å². The van der Waals surface area contributed by atoms with Gasteiger partial charge in [0.25, 0.3) is 0 Å². The smallest absolute Gasteiger partial charge is 0.227 e. The van der Waals surface area contributed by atoms with Gasteiger partial charge in [-0.2, -0.15) is 4.98 Å². The summed E-state index contributed by atoms with van der Waals surface area (Å²) in [4.78, 5) is 11.9. The molecule has 0 radical (unpaired) electrons. The standard InChI is InChI=1S/C18H24N4O.ClH/c1-4-10-22(11-5-1)18-20-16-9-3-2-8-15(16)17(21-18)19-13-14-7-6-12-23-14;/h2-3,8-9,14H,1,4-7,10-13H2,(H,19,20,21);1H/p-1. The minimum absolute atomic E-state index is 0. The minimum atomic E-state index is 0. The SMILES string of the molecule is [Cl-].c1ccc2c(NCC3CCCO3)nc(N3CCCCC3)nc2c1. The van der Waals surface area contributed by atoms with Crippen LogP contribution < -0.4 is 22.6 Å². The van der Waals surface area contributed by atoms with E-state index in [9.17, 15) is 0 Å². The van der Waals surface area contributed by atoms with Crippen LogP contribution in [0.25, 0.3) is 10.9 Å². The van der Waals surface area contributed by atoms with Gasteiger partial charge in [-0.25, -0.2) is 4.98 Å². The normalized spacial score (nSPS) is 20.8. The molecule has 1 unspecified atom stereocenters. The summed E-state index contributed by atoms with van der Waals surface area (Å²) in [5, 5.41) is 4.60. The van der Waals surface area contributed by atoms with Crippen LogP contribution in [-0.4, -0.2) is 42.3 Å². The summed E-state index contributed by atoms with van der Waals surface area (Å²) in [7, 11) is 0. The third kappa shape index (κ3) is 3.73. The van der Waals surface area contributed by atoms with Crippen molar-refractivity contribution >= 4 is 22.7 Å². The average Bonchev–Trinajstić information content (AvgIpc) is 3.14. The van der Waals surface area contributed by atoms with E-state index >= 15 is 0 Å². The van der Waals surface area contributed by atoms with E-state index in [1.54, 1.807) is 0 Å². The quantitative estimate of drug-likeness (QED) is 0.857. The van der Waals surface area contributed by atoms with Crippen LogP contribution >= 0.6 is 0 Å². The predicted octanol–water partition coefficient (Wildman–Crippen LogP) is 0.215. The number of aromatic nitrogens is 2. The highest BCUT2D eigenvalue weighted by Gasteiger charge is 2.18. The van der Waals surface area contributed by atoms with Crippen LogP contribution in [0.4, 0.5) is 11.8 Å². The summed E-state index contributed by atoms with van der Waals surface area (Å²) < 4.78 is 5.72. The number of rotatable bonds is 4. The highest BCUT2D eigenvalue weighted by molar-refractivity contribution is 5.90. The number of hydrogen-bond donors (Lipinski definition) is 1. The van der Waals surface area contributed by atoms with Crippen molar-refractivity contribution in [2.24, 2.45) is 0 Å². The van der Waals surface area contributed by atoms with Gasteiger partial charge in [-0.15, -0.1) is 0 Å². The van der Waals surface area contributed by atoms with Gasteiger partial charge in [-0.05, 0) is 44.2 Å². The molecule has 2 aliphatic heterocycles. The molecule has 0 spiro atoms. The zero-order valence-corrected chi connectivity index (χ0v) is 14.6. The highest BCUT2D eigenvalue weighted by Crippen LogP contribution is 2.25. The summed E-state index contributed by atoms with van der Waals surface area (Å²) >= 11 is 0. The Morgan fingerprint density at radius 1 is 1.08 bits per heavy atom. The van der Waals surface area contributed by atoms with Crippen molar-refractivity contribution in [3.8, 4) is 0 Å². The Balaban J connectivity index is 0.00000169. The number of piperidine rings is 1. The summed E-state index contributed by atoms with van der Waals surface area (Å²) in [6, 6.07) is 8.25. The first-order valence-electron chi connectivity index (χ1n) is 8.77. The Morgan fingerprint density at radius 3 is 2.71 bits per heavy atom. The Bertz CT molecular complexity index is 669. The lowest BCUT2D eigenvalue weighted by atomic mass is 10.1. The Hall–Kier alpha value is -1.59. The van der Waals surface area contributed by atoms with Crippen molar-refractivity contribution in [2.75, 3.05) is 36.5 Å². The van der Waals surface area contributed by atoms with Crippen LogP contribution in [0.2, 0.25) is 0 Å². The molecule has 1 N–H and O–H groups in total. The maximum absolute atomic E-state index is 5.72. The molecule has 0 aliphatic carbocycles. The first-order chi connectivity index (χ1) is 11.4. The number of anilines is 2. The van der Waals surface area contributed by atoms with Crippen molar-refractivity contribution in [1.29, 1.82) is 0 Å². The van der Waals surface area contributed by atoms with Crippen molar-refractivity contribution < 1.29 is 17.1 Å². The average molecular weight is 348 g/mol. The number of hydrogen-bond acceptors (Lipinski definition) is 5. The van der Waals surface area contributed by atoms with Gasteiger partial charge in [0.15, 0.2) is 0 Å². The molecular formula is C18H24ClN4O-. The first-order valence-corrected chi connectivity index (χ1v) is 8.77. The zero-order valence-electron chi connectivity index (χ0n) is 13.9. The van der Waals surface area contributed by atoms with Gasteiger partial charge in [0.1, 0.15) is 5.82 Å². The van der Waals surface area contributed by atoms with Crippen molar-refractivity contribution in [3.05, 3.63) is 24.3 Å². The van der Waals surface area contributed by atoms with E-state index in [1.165, 1.54) is 19.3 Å². The maximum Gasteiger partial charge on any atom is 0.227 e. The number of nitrogens with one attached hydrogen (secondary N) is 1. The number of ether oxygens (including phenoxy) is 1. The molecule has 0 saturated carbocycles. The van der Waals surface area contributed by atoms with Crippen LogP contribution in [0.5, 0.6) is 0 Å². The van der Waals surface area contributed by atoms with Gasteiger partial charge in [-0.3, -0.25) is 0 Å². The number of halogens is 1. The van der Waals surface area contributed by atoms with Crippen LogP contribution in [0, 0.1) is 0 Å². The van der Waals surface area contributed by atoms with E-state index in [4.69, 9.17) is 14.7 Å². The lowest BCUT2D eigenvalue weighted by molar-refractivity contribution is -0.00000599. The third-order valence-electron chi connectivity index (χ3n) is 4.75. The number of para-hydroxylation sites is 1. The third-order valence-corrected chi connectivity index (χ3v) is 4.75. The fourth-order valence-electron chi connectivity index (χ4n) is 3.45. The Kier molecular flexibility index (Phi) is 5.74. The molecule has 24 heavy (non-hydrogen) atoms. The lowest BCUT2D eigenvalue weighted by Gasteiger charge is -2.27. The van der Waals surface area contributed by atoms with Crippen molar-refractivity contribution in [1.82, 2.24) is 9.97 Å². The molecule has 1 aromatic carbocycles. The maximum atomic E-state index is 5.72. The molecule has 1 aromatic heterocycles. The molecule has 1 atom stereocenters. The first kappa shape index (κ1) is 17.2. The van der Waals surface area contributed by atoms with Crippen molar-refractivity contribution in [2.45, 2.75) is 38.2 Å². The van der Waals surface area contributed by atoms with Gasteiger partial charge in [0.05, 0.1) is 11.6 Å². The van der Waals surface area contributed by atoms with E-state index in [1.807, 2.05) is 12.1 Å². The molecule has 2 aromatic rings. The van der Waals surface area contributed by atoms with Crippen LogP contribution in [0.3, 0.4) is 0 Å². The zero-order chi connectivity index (χ0) is 15.5. The monoisotopic (exact) mass is 347 g/mol. The molecule has 6 heteroatoms. The Labute approximate surface area is 149 Å². The molecular weight excluding hydrogens is 324 g/mol. The largest absolute Gasteiger partial charge is 1.00 e. The number of benzene rings is 1. The molecule has 3 heterocycles. The molecule has 4 rings (SSSR count). The van der Waals surface area contributed by atoms with E-state index in [2.05, 4.69) is 22.3 Å². The van der Waals surface area contributed by atoms with Gasteiger partial charge in [-0.1, -0.05) is 12.1 Å². The fourth-order valence-corrected chi connectivity index (χ4v) is 3.45. The van der Waals surface area contributed by atoms with E-state index in [0.717, 1.165) is 61.8 Å². The van der Waals surface area contributed by atoms with Gasteiger partial charge >= 0.3 is 0 Å². The number of nitrogens with zero attached hydrogens (tertiary/aromatic N) is 3. The second-order valence-electron chi connectivity index (χ2n) is 6.45. The predicted molar refractivity (Wildman–Crippen MR) is 93.1 cm³/mol. The molecule has 2 saturated heterocycles. The molecule has 2 aliphatic rings. The summed E-state index contributed by atoms with van der Waals surface area (Å²) in [6.07, 6.45) is 6.38. The number of fused-ring (bicyclic) bond motifs is 1. The molecule has 2 fully saturated rings. The molecule has 0 amide bonds. The minimum Gasteiger partial charge on any atom is -1.00 e. The Morgan fingerprint density at radius 2 is 1.92 bits per heavy atom. The molecule has 0 bridgehead atoms. The summed E-state index contributed by atoms with van der Waals surface area (Å²) in [5.74, 6) is 1.80. The van der Waals surface area contributed by atoms with Crippen LogP contribution in [0.15, 0.2) is 24.3 Å². The van der Waals surface area contributed by atoms with E-state index < -0.39 is 0 Å². The van der Waals surface area contributed by atoms with Crippen LogP contribution in [-0.2, 0) is 4.74 Å². The van der Waals surface area contributed by atoms with E-state index in [0.29, 0.717) is 6.10 Å². The van der Waals surface area contributed by atoms with Crippen LogP contribution in [0.1, 0.15) is 32.1 Å². The fraction of sp³-hybridized carbons (Fsp3) is 0.556. The van der Waals surface area contributed by atoms with E-state index in [-0.39, 0.29) is 12.4 Å². The second kappa shape index (κ2) is 7.99. The summed E-state index contributed by atoms with van der Waals surface area (Å²) in [5.41, 5.74) is 1.01. The summed E-state index contributed by atoms with van der Waals surface area (Å²) in [6.45, 7) is 3.82. The highest BCUT2D eigenvalue weighted by atomic mass is 35.5. The van der Waals surface area contributed by atoms with Crippen molar-refractivity contribution in [3.63, 3.8) is 0 Å².